The van der Waals surface area contributed by atoms with Gasteiger partial charge in [-0.15, -0.1) is 0 Å². The van der Waals surface area contributed by atoms with Gasteiger partial charge in [0.1, 0.15) is 5.60 Å². The highest BCUT2D eigenvalue weighted by molar-refractivity contribution is 7.99. The number of amides is 1. The van der Waals surface area contributed by atoms with E-state index in [4.69, 9.17) is 0 Å². The molecule has 0 radical (unpaired) electrons. The van der Waals surface area contributed by atoms with Crippen LogP contribution in [0.5, 0.6) is 0 Å². The van der Waals surface area contributed by atoms with E-state index in [0.717, 1.165) is 17.9 Å². The van der Waals surface area contributed by atoms with E-state index >= 15 is 0 Å². The molecular formula is C18H23NO2S. The smallest absolute Gasteiger partial charge is 0.254 e. The Morgan fingerprint density at radius 1 is 1.32 bits per heavy atom. The number of carbonyl (C=O) groups is 1. The molecule has 3 rings (SSSR count). The van der Waals surface area contributed by atoms with Gasteiger partial charge in [-0.05, 0) is 48.8 Å². The molecule has 2 aliphatic rings. The van der Waals surface area contributed by atoms with Crippen molar-refractivity contribution in [2.45, 2.75) is 31.8 Å². The van der Waals surface area contributed by atoms with Crippen molar-refractivity contribution in [1.82, 2.24) is 4.90 Å². The summed E-state index contributed by atoms with van der Waals surface area (Å²) >= 11 is 1.82. The molecule has 2 aliphatic heterocycles. The predicted molar refractivity (Wildman–Crippen MR) is 91.9 cm³/mol. The summed E-state index contributed by atoms with van der Waals surface area (Å²) in [5, 5.41) is 10.6. The van der Waals surface area contributed by atoms with Crippen molar-refractivity contribution in [3.05, 3.63) is 41.5 Å². The van der Waals surface area contributed by atoms with E-state index in [-0.39, 0.29) is 5.91 Å². The van der Waals surface area contributed by atoms with E-state index < -0.39 is 5.60 Å². The molecule has 118 valence electrons. The summed E-state index contributed by atoms with van der Waals surface area (Å²) < 4.78 is 0. The van der Waals surface area contributed by atoms with Crippen LogP contribution < -0.4 is 0 Å². The zero-order chi connectivity index (χ0) is 15.6. The molecule has 22 heavy (non-hydrogen) atoms. The predicted octanol–water partition coefficient (Wildman–Crippen LogP) is 2.87. The zero-order valence-electron chi connectivity index (χ0n) is 13.0. The van der Waals surface area contributed by atoms with Gasteiger partial charge in [0.2, 0.25) is 0 Å². The molecule has 2 heterocycles. The highest BCUT2D eigenvalue weighted by Gasteiger charge is 2.40. The molecular weight excluding hydrogens is 294 g/mol. The maximum absolute atomic E-state index is 12.6. The molecule has 1 fully saturated rings. The van der Waals surface area contributed by atoms with Gasteiger partial charge >= 0.3 is 0 Å². The van der Waals surface area contributed by atoms with E-state index in [1.807, 2.05) is 16.7 Å². The number of carbonyl (C=O) groups excluding carboxylic acids is 1. The van der Waals surface area contributed by atoms with Crippen LogP contribution in [-0.2, 0) is 4.79 Å². The Balaban J connectivity index is 1.69. The largest absolute Gasteiger partial charge is 0.380 e. The lowest BCUT2D eigenvalue weighted by atomic mass is 9.93. The van der Waals surface area contributed by atoms with E-state index in [2.05, 4.69) is 37.3 Å². The van der Waals surface area contributed by atoms with Crippen LogP contribution in [0.15, 0.2) is 30.3 Å². The summed E-state index contributed by atoms with van der Waals surface area (Å²) in [6.45, 7) is 3.41. The first-order valence-corrected chi connectivity index (χ1v) is 9.09. The van der Waals surface area contributed by atoms with Gasteiger partial charge in [0, 0.05) is 13.1 Å². The number of aryl methyl sites for hydroxylation is 1. The molecule has 0 aromatic heterocycles. The highest BCUT2D eigenvalue weighted by Crippen LogP contribution is 2.30. The monoisotopic (exact) mass is 317 g/mol. The molecule has 0 unspecified atom stereocenters. The second kappa shape index (κ2) is 6.47. The topological polar surface area (TPSA) is 40.5 Å². The van der Waals surface area contributed by atoms with Crippen molar-refractivity contribution in [2.24, 2.45) is 0 Å². The van der Waals surface area contributed by atoms with Crippen LogP contribution in [0.4, 0.5) is 0 Å². The van der Waals surface area contributed by atoms with Crippen molar-refractivity contribution < 1.29 is 9.90 Å². The first-order valence-electron chi connectivity index (χ1n) is 7.94. The number of thioether (sulfide) groups is 1. The number of hydrogen-bond donors (Lipinski definition) is 1. The average Bonchev–Trinajstić information content (AvgIpc) is 2.55. The Labute approximate surface area is 136 Å². The van der Waals surface area contributed by atoms with E-state index in [0.29, 0.717) is 25.9 Å². The fourth-order valence-electron chi connectivity index (χ4n) is 3.18. The lowest BCUT2D eigenvalue weighted by Crippen LogP contribution is -2.52. The summed E-state index contributed by atoms with van der Waals surface area (Å²) in [5.41, 5.74) is 2.68. The Hall–Kier alpha value is -1.26. The summed E-state index contributed by atoms with van der Waals surface area (Å²) in [4.78, 5) is 14.4. The van der Waals surface area contributed by atoms with Crippen LogP contribution in [-0.4, -0.2) is 46.1 Å². The van der Waals surface area contributed by atoms with Crippen LogP contribution >= 0.6 is 11.8 Å². The van der Waals surface area contributed by atoms with Gasteiger partial charge in [-0.2, -0.15) is 11.8 Å². The molecule has 3 nitrogen and oxygen atoms in total. The molecule has 1 N–H and O–H groups in total. The van der Waals surface area contributed by atoms with Gasteiger partial charge < -0.3 is 10.0 Å². The van der Waals surface area contributed by atoms with Gasteiger partial charge in [-0.3, -0.25) is 4.79 Å². The Bertz CT molecular complexity index is 591. The van der Waals surface area contributed by atoms with Crippen LogP contribution in [0, 0.1) is 6.92 Å². The second-order valence-electron chi connectivity index (χ2n) is 6.24. The molecule has 0 bridgehead atoms. The summed E-state index contributed by atoms with van der Waals surface area (Å²) in [6.07, 6.45) is 4.17. The Morgan fingerprint density at radius 2 is 2.09 bits per heavy atom. The fraction of sp³-hybridized carbons (Fsp3) is 0.500. The SMILES string of the molecule is Cc1cccc(C2=CCN(C(=O)C3(O)CCSCC3)CC2)c1. The third-order valence-corrected chi connectivity index (χ3v) is 5.59. The lowest BCUT2D eigenvalue weighted by molar-refractivity contribution is -0.151. The van der Waals surface area contributed by atoms with Gasteiger partial charge in [0.25, 0.3) is 5.91 Å². The van der Waals surface area contributed by atoms with E-state index in [1.54, 1.807) is 0 Å². The van der Waals surface area contributed by atoms with Crippen molar-refractivity contribution in [2.75, 3.05) is 24.6 Å². The maximum Gasteiger partial charge on any atom is 0.254 e. The first kappa shape index (κ1) is 15.6. The molecule has 4 heteroatoms. The molecule has 1 saturated heterocycles. The van der Waals surface area contributed by atoms with Crippen LogP contribution in [0.3, 0.4) is 0 Å². The van der Waals surface area contributed by atoms with Crippen molar-refractivity contribution in [3.63, 3.8) is 0 Å². The third-order valence-electron chi connectivity index (χ3n) is 4.60. The molecule has 1 aromatic rings. The molecule has 0 spiro atoms. The first-order chi connectivity index (χ1) is 10.6. The minimum atomic E-state index is -1.13. The molecule has 0 aliphatic carbocycles. The third kappa shape index (κ3) is 3.23. The molecule has 1 aromatic carbocycles. The summed E-state index contributed by atoms with van der Waals surface area (Å²) in [6, 6.07) is 8.49. The van der Waals surface area contributed by atoms with Gasteiger partial charge in [-0.1, -0.05) is 35.9 Å². The quantitative estimate of drug-likeness (QED) is 0.912. The van der Waals surface area contributed by atoms with E-state index in [9.17, 15) is 9.90 Å². The normalized spacial score (nSPS) is 21.4. The van der Waals surface area contributed by atoms with Crippen LogP contribution in [0.2, 0.25) is 0 Å². The summed E-state index contributed by atoms with van der Waals surface area (Å²) in [7, 11) is 0. The van der Waals surface area contributed by atoms with Crippen molar-refractivity contribution in [1.29, 1.82) is 0 Å². The van der Waals surface area contributed by atoms with Gasteiger partial charge in [0.15, 0.2) is 0 Å². The van der Waals surface area contributed by atoms with Gasteiger partial charge in [0.05, 0.1) is 0 Å². The highest BCUT2D eigenvalue weighted by atomic mass is 32.2. The number of rotatable bonds is 2. The Morgan fingerprint density at radius 3 is 2.73 bits per heavy atom. The molecule has 1 amide bonds. The van der Waals surface area contributed by atoms with Crippen molar-refractivity contribution >= 4 is 23.2 Å². The van der Waals surface area contributed by atoms with Crippen molar-refractivity contribution in [3.8, 4) is 0 Å². The fourth-order valence-corrected chi connectivity index (χ4v) is 4.35. The summed E-state index contributed by atoms with van der Waals surface area (Å²) in [5.74, 6) is 1.67. The second-order valence-corrected chi connectivity index (χ2v) is 7.47. The molecule has 0 saturated carbocycles. The minimum Gasteiger partial charge on any atom is -0.380 e. The van der Waals surface area contributed by atoms with Crippen LogP contribution in [0.25, 0.3) is 5.57 Å². The molecule has 0 atom stereocenters. The zero-order valence-corrected chi connectivity index (χ0v) is 13.9. The minimum absolute atomic E-state index is 0.0765. The average molecular weight is 317 g/mol. The van der Waals surface area contributed by atoms with E-state index in [1.165, 1.54) is 16.7 Å². The standard InChI is InChI=1S/C18H23NO2S/c1-14-3-2-4-16(13-14)15-5-9-19(10-6-15)17(20)18(21)7-11-22-12-8-18/h2-5,13,21H,6-12H2,1H3. The number of hydrogen-bond acceptors (Lipinski definition) is 3. The van der Waals surface area contributed by atoms with Crippen LogP contribution in [0.1, 0.15) is 30.4 Å². The maximum atomic E-state index is 12.6. The lowest BCUT2D eigenvalue weighted by Gasteiger charge is -2.37. The number of nitrogens with zero attached hydrogens (tertiary/aromatic N) is 1. The number of benzene rings is 1. The Kier molecular flexibility index (Phi) is 4.59. The van der Waals surface area contributed by atoms with Gasteiger partial charge in [-0.25, -0.2) is 0 Å². The number of aliphatic hydroxyl groups is 1.